The third kappa shape index (κ3) is 3.88. The van der Waals surface area contributed by atoms with Gasteiger partial charge in [0.2, 0.25) is 0 Å². The van der Waals surface area contributed by atoms with Gasteiger partial charge in [0.25, 0.3) is 5.91 Å². The molecule has 1 aromatic rings. The predicted octanol–water partition coefficient (Wildman–Crippen LogP) is 1.95. The average molecular weight is 292 g/mol. The van der Waals surface area contributed by atoms with Crippen molar-refractivity contribution in [1.29, 1.82) is 0 Å². The summed E-state index contributed by atoms with van der Waals surface area (Å²) in [6.45, 7) is 2.45. The molecule has 5 heteroatoms. The van der Waals surface area contributed by atoms with Gasteiger partial charge in [-0.3, -0.25) is 4.79 Å². The highest BCUT2D eigenvalue weighted by molar-refractivity contribution is 5.99. The Balaban J connectivity index is 1.98. The molecule has 0 saturated heterocycles. The SMILES string of the molecule is COc1ccc(N)c(C(=O)NCC2(O)CCC(C)CC2)c1. The van der Waals surface area contributed by atoms with Crippen LogP contribution in [0.1, 0.15) is 43.0 Å². The molecule has 0 aliphatic heterocycles. The van der Waals surface area contributed by atoms with Gasteiger partial charge in [-0.1, -0.05) is 6.92 Å². The van der Waals surface area contributed by atoms with Gasteiger partial charge in [0.05, 0.1) is 18.3 Å². The molecule has 1 amide bonds. The van der Waals surface area contributed by atoms with Gasteiger partial charge in [0.1, 0.15) is 5.75 Å². The zero-order chi connectivity index (χ0) is 15.5. The van der Waals surface area contributed by atoms with Crippen LogP contribution in [0.2, 0.25) is 0 Å². The first kappa shape index (κ1) is 15.6. The summed E-state index contributed by atoms with van der Waals surface area (Å²) in [6, 6.07) is 4.96. The largest absolute Gasteiger partial charge is 0.497 e. The Morgan fingerprint density at radius 3 is 2.76 bits per heavy atom. The molecule has 0 unspecified atom stereocenters. The van der Waals surface area contributed by atoms with E-state index in [0.29, 0.717) is 22.9 Å². The summed E-state index contributed by atoms with van der Waals surface area (Å²) in [5, 5.41) is 13.3. The Bertz CT molecular complexity index is 508. The smallest absolute Gasteiger partial charge is 0.253 e. The van der Waals surface area contributed by atoms with Crippen LogP contribution in [0.4, 0.5) is 5.69 Å². The van der Waals surface area contributed by atoms with Crippen molar-refractivity contribution in [3.05, 3.63) is 23.8 Å². The van der Waals surface area contributed by atoms with Crippen molar-refractivity contribution < 1.29 is 14.6 Å². The van der Waals surface area contributed by atoms with E-state index in [0.717, 1.165) is 25.7 Å². The van der Waals surface area contributed by atoms with E-state index in [4.69, 9.17) is 10.5 Å². The number of carbonyl (C=O) groups is 1. The minimum Gasteiger partial charge on any atom is -0.497 e. The fourth-order valence-corrected chi connectivity index (χ4v) is 2.68. The molecule has 0 atom stereocenters. The first-order chi connectivity index (χ1) is 9.93. The number of rotatable bonds is 4. The van der Waals surface area contributed by atoms with Gasteiger partial charge in [-0.2, -0.15) is 0 Å². The lowest BCUT2D eigenvalue weighted by Gasteiger charge is -2.35. The molecule has 5 nitrogen and oxygen atoms in total. The number of anilines is 1. The van der Waals surface area contributed by atoms with E-state index in [1.54, 1.807) is 25.3 Å². The number of methoxy groups -OCH3 is 1. The molecule has 1 aliphatic carbocycles. The third-order valence-corrected chi connectivity index (χ3v) is 4.29. The van der Waals surface area contributed by atoms with Gasteiger partial charge >= 0.3 is 0 Å². The molecule has 4 N–H and O–H groups in total. The zero-order valence-electron chi connectivity index (χ0n) is 12.7. The number of amides is 1. The molecule has 2 rings (SSSR count). The van der Waals surface area contributed by atoms with Gasteiger partial charge in [-0.15, -0.1) is 0 Å². The number of aliphatic hydroxyl groups is 1. The maximum atomic E-state index is 12.2. The summed E-state index contributed by atoms with van der Waals surface area (Å²) in [5.74, 6) is 0.952. The monoisotopic (exact) mass is 292 g/mol. The fraction of sp³-hybridized carbons (Fsp3) is 0.562. The molecule has 0 radical (unpaired) electrons. The van der Waals surface area contributed by atoms with E-state index in [-0.39, 0.29) is 12.5 Å². The summed E-state index contributed by atoms with van der Waals surface area (Å²) in [6.07, 6.45) is 3.44. The first-order valence-corrected chi connectivity index (χ1v) is 7.37. The summed E-state index contributed by atoms with van der Waals surface area (Å²) in [4.78, 5) is 12.2. The second-order valence-corrected chi connectivity index (χ2v) is 6.04. The second-order valence-electron chi connectivity index (χ2n) is 6.04. The van der Waals surface area contributed by atoms with Crippen LogP contribution in [-0.4, -0.2) is 30.3 Å². The Kier molecular flexibility index (Phi) is 4.73. The van der Waals surface area contributed by atoms with Crippen LogP contribution >= 0.6 is 0 Å². The summed E-state index contributed by atoms with van der Waals surface area (Å²) < 4.78 is 5.10. The van der Waals surface area contributed by atoms with Crippen molar-refractivity contribution >= 4 is 11.6 Å². The first-order valence-electron chi connectivity index (χ1n) is 7.37. The molecule has 0 aromatic heterocycles. The van der Waals surface area contributed by atoms with Crippen LogP contribution in [0.3, 0.4) is 0 Å². The highest BCUT2D eigenvalue weighted by Crippen LogP contribution is 2.31. The number of ether oxygens (including phenoxy) is 1. The molecular formula is C16H24N2O3. The zero-order valence-corrected chi connectivity index (χ0v) is 12.7. The van der Waals surface area contributed by atoms with E-state index in [2.05, 4.69) is 12.2 Å². The normalized spacial score (nSPS) is 25.4. The summed E-state index contributed by atoms with van der Waals surface area (Å²) >= 11 is 0. The molecule has 0 bridgehead atoms. The molecule has 1 aliphatic rings. The van der Waals surface area contributed by atoms with Crippen molar-refractivity contribution in [2.24, 2.45) is 5.92 Å². The van der Waals surface area contributed by atoms with E-state index in [1.807, 2.05) is 0 Å². The number of carbonyl (C=O) groups excluding carboxylic acids is 1. The lowest BCUT2D eigenvalue weighted by molar-refractivity contribution is -0.00539. The maximum absolute atomic E-state index is 12.2. The predicted molar refractivity (Wildman–Crippen MR) is 82.3 cm³/mol. The number of hydrogen-bond acceptors (Lipinski definition) is 4. The minimum atomic E-state index is -0.796. The Labute approximate surface area is 125 Å². The average Bonchev–Trinajstić information content (AvgIpc) is 2.49. The van der Waals surface area contributed by atoms with Crippen molar-refractivity contribution in [2.75, 3.05) is 19.4 Å². The quantitative estimate of drug-likeness (QED) is 0.741. The topological polar surface area (TPSA) is 84.6 Å². The molecule has 0 heterocycles. The summed E-state index contributed by atoms with van der Waals surface area (Å²) in [7, 11) is 1.54. The van der Waals surface area contributed by atoms with Gasteiger partial charge in [-0.05, 0) is 49.8 Å². The van der Waals surface area contributed by atoms with E-state index in [9.17, 15) is 9.90 Å². The van der Waals surface area contributed by atoms with Gasteiger partial charge in [0, 0.05) is 12.2 Å². The van der Waals surface area contributed by atoms with Crippen LogP contribution in [0.25, 0.3) is 0 Å². The van der Waals surface area contributed by atoms with Gasteiger partial charge < -0.3 is 20.9 Å². The Morgan fingerprint density at radius 2 is 2.14 bits per heavy atom. The molecule has 1 saturated carbocycles. The molecule has 1 fully saturated rings. The Morgan fingerprint density at radius 1 is 1.48 bits per heavy atom. The molecule has 1 aromatic carbocycles. The van der Waals surface area contributed by atoms with Crippen molar-refractivity contribution in [1.82, 2.24) is 5.32 Å². The highest BCUT2D eigenvalue weighted by atomic mass is 16.5. The maximum Gasteiger partial charge on any atom is 0.253 e. The standard InChI is InChI=1S/C16H24N2O3/c1-11-5-7-16(20,8-6-11)10-18-15(19)13-9-12(21-2)3-4-14(13)17/h3-4,9,11,20H,5-8,10,17H2,1-2H3,(H,18,19). The van der Waals surface area contributed by atoms with E-state index >= 15 is 0 Å². The van der Waals surface area contributed by atoms with E-state index < -0.39 is 5.60 Å². The molecule has 21 heavy (non-hydrogen) atoms. The van der Waals surface area contributed by atoms with Crippen LogP contribution in [0.15, 0.2) is 18.2 Å². The number of nitrogens with one attached hydrogen (secondary N) is 1. The number of benzene rings is 1. The minimum absolute atomic E-state index is 0.259. The fourth-order valence-electron chi connectivity index (χ4n) is 2.68. The van der Waals surface area contributed by atoms with Crippen molar-refractivity contribution in [3.8, 4) is 5.75 Å². The van der Waals surface area contributed by atoms with Crippen molar-refractivity contribution in [2.45, 2.75) is 38.2 Å². The van der Waals surface area contributed by atoms with Gasteiger partial charge in [-0.25, -0.2) is 0 Å². The van der Waals surface area contributed by atoms with Crippen LogP contribution in [-0.2, 0) is 0 Å². The van der Waals surface area contributed by atoms with Crippen molar-refractivity contribution in [3.63, 3.8) is 0 Å². The third-order valence-electron chi connectivity index (χ3n) is 4.29. The lowest BCUT2D eigenvalue weighted by Crippen LogP contribution is -2.45. The summed E-state index contributed by atoms with van der Waals surface area (Å²) in [5.41, 5.74) is 5.81. The number of hydrogen-bond donors (Lipinski definition) is 3. The highest BCUT2D eigenvalue weighted by Gasteiger charge is 2.32. The number of nitrogen functional groups attached to an aromatic ring is 1. The Hall–Kier alpha value is -1.75. The van der Waals surface area contributed by atoms with Gasteiger partial charge in [0.15, 0.2) is 0 Å². The molecule has 0 spiro atoms. The lowest BCUT2D eigenvalue weighted by atomic mass is 9.79. The van der Waals surface area contributed by atoms with Crippen LogP contribution in [0, 0.1) is 5.92 Å². The second kappa shape index (κ2) is 6.35. The molecule has 116 valence electrons. The van der Waals surface area contributed by atoms with Crippen LogP contribution in [0.5, 0.6) is 5.75 Å². The molecular weight excluding hydrogens is 268 g/mol. The number of nitrogens with two attached hydrogens (primary N) is 1. The van der Waals surface area contributed by atoms with Crippen LogP contribution < -0.4 is 15.8 Å². The van der Waals surface area contributed by atoms with E-state index in [1.165, 1.54) is 0 Å².